The van der Waals surface area contributed by atoms with Gasteiger partial charge in [-0.1, -0.05) is 45.2 Å². The molecular weight excluding hydrogens is 426 g/mol. The van der Waals surface area contributed by atoms with Crippen LogP contribution in [-0.2, 0) is 11.3 Å². The van der Waals surface area contributed by atoms with Crippen LogP contribution in [0.25, 0.3) is 0 Å². The molecule has 0 N–H and O–H groups in total. The number of hydrogen-bond donors (Lipinski definition) is 0. The van der Waals surface area contributed by atoms with E-state index in [0.717, 1.165) is 57.2 Å². The van der Waals surface area contributed by atoms with E-state index in [1.54, 1.807) is 12.3 Å². The zero-order valence-corrected chi connectivity index (χ0v) is 21.3. The number of likely N-dealkylation sites (N-methyl/N-ethyl adjacent to an activating group) is 1. The van der Waals surface area contributed by atoms with Crippen LogP contribution in [-0.4, -0.2) is 54.2 Å². The first-order chi connectivity index (χ1) is 16.5. The fraction of sp³-hybridized carbons (Fsp3) is 0.571. The Morgan fingerprint density at radius 1 is 1.15 bits per heavy atom. The number of aromatic nitrogens is 1. The highest BCUT2D eigenvalue weighted by Gasteiger charge is 2.30. The minimum Gasteiger partial charge on any atom is -0.494 e. The third-order valence-corrected chi connectivity index (χ3v) is 6.31. The summed E-state index contributed by atoms with van der Waals surface area (Å²) < 4.78 is 11.3. The van der Waals surface area contributed by atoms with Gasteiger partial charge in [0.05, 0.1) is 12.7 Å². The number of esters is 1. The summed E-state index contributed by atoms with van der Waals surface area (Å²) in [5.41, 5.74) is 1.84. The Balaban J connectivity index is 1.56. The maximum atomic E-state index is 12.6. The largest absolute Gasteiger partial charge is 0.494 e. The van der Waals surface area contributed by atoms with E-state index >= 15 is 0 Å². The molecule has 1 aliphatic heterocycles. The van der Waals surface area contributed by atoms with E-state index in [4.69, 9.17) is 9.47 Å². The maximum absolute atomic E-state index is 12.6. The van der Waals surface area contributed by atoms with E-state index in [9.17, 15) is 4.79 Å². The van der Waals surface area contributed by atoms with Gasteiger partial charge in [-0.05, 0) is 63.1 Å². The van der Waals surface area contributed by atoms with E-state index in [0.29, 0.717) is 11.6 Å². The molecular formula is C28H41N3O3. The van der Waals surface area contributed by atoms with E-state index in [1.165, 1.54) is 24.8 Å². The molecule has 1 aromatic heterocycles. The summed E-state index contributed by atoms with van der Waals surface area (Å²) in [6.45, 7) is 12.6. The van der Waals surface area contributed by atoms with Gasteiger partial charge in [0.15, 0.2) is 0 Å². The molecule has 0 aliphatic carbocycles. The zero-order valence-electron chi connectivity index (χ0n) is 21.3. The van der Waals surface area contributed by atoms with Gasteiger partial charge in [-0.2, -0.15) is 0 Å². The summed E-state index contributed by atoms with van der Waals surface area (Å²) in [7, 11) is 0. The molecule has 0 saturated carbocycles. The molecule has 6 nitrogen and oxygen atoms in total. The molecule has 0 amide bonds. The van der Waals surface area contributed by atoms with Gasteiger partial charge < -0.3 is 14.4 Å². The van der Waals surface area contributed by atoms with Crippen molar-refractivity contribution in [2.45, 2.75) is 78.5 Å². The molecule has 2 heterocycles. The summed E-state index contributed by atoms with van der Waals surface area (Å²) >= 11 is 0. The predicted octanol–water partition coefficient (Wildman–Crippen LogP) is 5.71. The molecule has 1 unspecified atom stereocenters. The molecule has 1 saturated heterocycles. The standard InChI is InChI=1S/C28H41N3O3/c1-5-7-8-9-19-33-25-14-12-23(13-15-25)20-30(6-2)24-16-18-31(21-24)27-26(11-10-17-29-27)28(32)34-22(3)4/h10-15,17,22,24H,5-9,16,18-21H2,1-4H3. The van der Waals surface area contributed by atoms with Crippen LogP contribution in [0, 0.1) is 0 Å². The molecule has 34 heavy (non-hydrogen) atoms. The molecule has 1 atom stereocenters. The van der Waals surface area contributed by atoms with Gasteiger partial charge in [-0.15, -0.1) is 0 Å². The van der Waals surface area contributed by atoms with Crippen LogP contribution >= 0.6 is 0 Å². The minimum atomic E-state index is -0.304. The average molecular weight is 468 g/mol. The number of ether oxygens (including phenoxy) is 2. The Morgan fingerprint density at radius 2 is 1.94 bits per heavy atom. The number of anilines is 1. The third kappa shape index (κ3) is 7.45. The quantitative estimate of drug-likeness (QED) is 0.278. The van der Waals surface area contributed by atoms with E-state index < -0.39 is 0 Å². The van der Waals surface area contributed by atoms with Gasteiger partial charge in [-0.25, -0.2) is 9.78 Å². The monoisotopic (exact) mass is 467 g/mol. The first-order valence-electron chi connectivity index (χ1n) is 12.9. The molecule has 1 aromatic carbocycles. The molecule has 3 rings (SSSR count). The van der Waals surface area contributed by atoms with Gasteiger partial charge in [-0.3, -0.25) is 4.90 Å². The highest BCUT2D eigenvalue weighted by molar-refractivity contribution is 5.94. The van der Waals surface area contributed by atoms with Crippen molar-refractivity contribution in [3.05, 3.63) is 53.7 Å². The fourth-order valence-electron chi connectivity index (χ4n) is 4.46. The zero-order chi connectivity index (χ0) is 24.3. The number of pyridine rings is 1. The van der Waals surface area contributed by atoms with Crippen molar-refractivity contribution in [3.63, 3.8) is 0 Å². The molecule has 1 fully saturated rings. The van der Waals surface area contributed by atoms with Gasteiger partial charge in [0.25, 0.3) is 0 Å². The first-order valence-corrected chi connectivity index (χ1v) is 12.9. The van der Waals surface area contributed by atoms with Gasteiger partial charge in [0.1, 0.15) is 17.1 Å². The Kier molecular flexibility index (Phi) is 10.2. The molecule has 2 aromatic rings. The lowest BCUT2D eigenvalue weighted by atomic mass is 10.1. The Morgan fingerprint density at radius 3 is 2.65 bits per heavy atom. The van der Waals surface area contributed by atoms with Gasteiger partial charge in [0.2, 0.25) is 0 Å². The van der Waals surface area contributed by atoms with Crippen LogP contribution in [0.1, 0.15) is 75.7 Å². The van der Waals surface area contributed by atoms with Crippen LogP contribution in [0.3, 0.4) is 0 Å². The normalized spacial score (nSPS) is 15.8. The number of carbonyl (C=O) groups excluding carboxylic acids is 1. The predicted molar refractivity (Wildman–Crippen MR) is 138 cm³/mol. The second-order valence-electron chi connectivity index (χ2n) is 9.33. The summed E-state index contributed by atoms with van der Waals surface area (Å²) in [5, 5.41) is 0. The summed E-state index contributed by atoms with van der Waals surface area (Å²) in [6, 6.07) is 12.5. The average Bonchev–Trinajstić information content (AvgIpc) is 3.33. The van der Waals surface area contributed by atoms with E-state index in [1.807, 2.05) is 19.9 Å². The van der Waals surface area contributed by atoms with Crippen LogP contribution in [0.5, 0.6) is 5.75 Å². The second-order valence-corrected chi connectivity index (χ2v) is 9.33. The summed E-state index contributed by atoms with van der Waals surface area (Å²) in [5.74, 6) is 1.38. The first kappa shape index (κ1) is 26.0. The van der Waals surface area contributed by atoms with Crippen molar-refractivity contribution < 1.29 is 14.3 Å². The van der Waals surface area contributed by atoms with E-state index in [2.05, 4.69) is 52.9 Å². The summed E-state index contributed by atoms with van der Waals surface area (Å²) in [4.78, 5) is 21.8. The Hall–Kier alpha value is -2.60. The third-order valence-electron chi connectivity index (χ3n) is 6.31. The minimum absolute atomic E-state index is 0.152. The van der Waals surface area contributed by atoms with Crippen molar-refractivity contribution in [2.24, 2.45) is 0 Å². The maximum Gasteiger partial charge on any atom is 0.342 e. The highest BCUT2D eigenvalue weighted by Crippen LogP contribution is 2.26. The topological polar surface area (TPSA) is 54.9 Å². The number of benzene rings is 1. The molecule has 186 valence electrons. The number of carbonyl (C=O) groups is 1. The van der Waals surface area contributed by atoms with Gasteiger partial charge >= 0.3 is 5.97 Å². The van der Waals surface area contributed by atoms with Gasteiger partial charge in [0, 0.05) is 31.9 Å². The van der Waals surface area contributed by atoms with Crippen molar-refractivity contribution in [3.8, 4) is 5.75 Å². The lowest BCUT2D eigenvalue weighted by Gasteiger charge is -2.28. The molecule has 6 heteroatoms. The van der Waals surface area contributed by atoms with Crippen LogP contribution in [0.2, 0.25) is 0 Å². The highest BCUT2D eigenvalue weighted by atomic mass is 16.5. The Bertz CT molecular complexity index is 885. The smallest absolute Gasteiger partial charge is 0.342 e. The van der Waals surface area contributed by atoms with Crippen LogP contribution in [0.4, 0.5) is 5.82 Å². The second kappa shape index (κ2) is 13.3. The van der Waals surface area contributed by atoms with E-state index in [-0.39, 0.29) is 12.1 Å². The lowest BCUT2D eigenvalue weighted by Crippen LogP contribution is -2.37. The summed E-state index contributed by atoms with van der Waals surface area (Å²) in [6.07, 6.45) is 7.51. The fourth-order valence-corrected chi connectivity index (χ4v) is 4.46. The molecule has 0 spiro atoms. The number of unbranched alkanes of at least 4 members (excludes halogenated alkanes) is 3. The molecule has 1 aliphatic rings. The SMILES string of the molecule is CCCCCCOc1ccc(CN(CC)C2CCN(c3ncccc3C(=O)OC(C)C)C2)cc1. The van der Waals surface area contributed by atoms with Crippen molar-refractivity contribution in [1.29, 1.82) is 0 Å². The number of hydrogen-bond acceptors (Lipinski definition) is 6. The Labute approximate surface area is 205 Å². The van der Waals surface area contributed by atoms with Crippen molar-refractivity contribution in [2.75, 3.05) is 31.1 Å². The van der Waals surface area contributed by atoms with Crippen LogP contribution in [0.15, 0.2) is 42.6 Å². The van der Waals surface area contributed by atoms with Crippen molar-refractivity contribution >= 4 is 11.8 Å². The lowest BCUT2D eigenvalue weighted by molar-refractivity contribution is 0.0378. The van der Waals surface area contributed by atoms with Crippen molar-refractivity contribution in [1.82, 2.24) is 9.88 Å². The molecule has 0 bridgehead atoms. The molecule has 0 radical (unpaired) electrons. The number of nitrogens with zero attached hydrogens (tertiary/aromatic N) is 3. The number of rotatable bonds is 13. The van der Waals surface area contributed by atoms with Crippen LogP contribution < -0.4 is 9.64 Å².